The molecule has 0 unspecified atom stereocenters. The number of amides is 1. The van der Waals surface area contributed by atoms with Crippen molar-refractivity contribution in [2.75, 3.05) is 5.32 Å². The van der Waals surface area contributed by atoms with Crippen LogP contribution < -0.4 is 5.32 Å². The van der Waals surface area contributed by atoms with Crippen LogP contribution in [0.5, 0.6) is 0 Å². The monoisotopic (exact) mass is 317 g/mol. The molecule has 0 aliphatic rings. The van der Waals surface area contributed by atoms with Crippen LogP contribution in [0.3, 0.4) is 0 Å². The van der Waals surface area contributed by atoms with Crippen LogP contribution in [0, 0.1) is 6.92 Å². The smallest absolute Gasteiger partial charge is 0.255 e. The van der Waals surface area contributed by atoms with Crippen molar-refractivity contribution < 1.29 is 9.90 Å². The highest BCUT2D eigenvalue weighted by molar-refractivity contribution is 6.04. The molecule has 0 fully saturated rings. The summed E-state index contributed by atoms with van der Waals surface area (Å²) in [6.45, 7) is 1.98. The molecule has 0 aromatic heterocycles. The fourth-order valence-electron chi connectivity index (χ4n) is 2.52. The molecule has 3 rings (SSSR count). The van der Waals surface area contributed by atoms with E-state index in [1.165, 1.54) is 0 Å². The molecule has 3 aromatic carbocycles. The van der Waals surface area contributed by atoms with Crippen LogP contribution in [0.25, 0.3) is 0 Å². The summed E-state index contributed by atoms with van der Waals surface area (Å²) in [6, 6.07) is 24.1. The van der Waals surface area contributed by atoms with Crippen LogP contribution in [0.1, 0.15) is 33.2 Å². The number of nitrogens with one attached hydrogen (secondary N) is 1. The van der Waals surface area contributed by atoms with Gasteiger partial charge in [-0.1, -0.05) is 60.2 Å². The second-order valence-electron chi connectivity index (χ2n) is 5.76. The molecule has 3 aromatic rings. The standard InChI is InChI=1S/C21H19NO2/c1-15-10-12-17(13-11-15)21(24)22-19-9-5-8-18(14-19)20(23)16-6-3-2-4-7-16/h2-14,20,23H,1H3,(H,22,24)/t20-/m0/s1. The SMILES string of the molecule is Cc1ccc(C(=O)Nc2cccc([C@@H](O)c3ccccc3)c2)cc1. The van der Waals surface area contributed by atoms with E-state index in [9.17, 15) is 9.90 Å². The second-order valence-corrected chi connectivity index (χ2v) is 5.76. The van der Waals surface area contributed by atoms with Crippen molar-refractivity contribution in [2.45, 2.75) is 13.0 Å². The fraction of sp³-hybridized carbons (Fsp3) is 0.0952. The number of anilines is 1. The van der Waals surface area contributed by atoms with Gasteiger partial charge >= 0.3 is 0 Å². The lowest BCUT2D eigenvalue weighted by Crippen LogP contribution is -2.12. The van der Waals surface area contributed by atoms with Gasteiger partial charge in [0.1, 0.15) is 6.10 Å². The predicted molar refractivity (Wildman–Crippen MR) is 96.1 cm³/mol. The Morgan fingerprint density at radius 2 is 1.54 bits per heavy atom. The Bertz CT molecular complexity index is 826. The average molecular weight is 317 g/mol. The van der Waals surface area contributed by atoms with E-state index < -0.39 is 6.10 Å². The van der Waals surface area contributed by atoms with E-state index in [1.54, 1.807) is 18.2 Å². The average Bonchev–Trinajstić information content (AvgIpc) is 2.62. The van der Waals surface area contributed by atoms with Gasteiger partial charge in [-0.05, 0) is 42.3 Å². The molecular weight excluding hydrogens is 298 g/mol. The third-order valence-electron chi connectivity index (χ3n) is 3.89. The van der Waals surface area contributed by atoms with E-state index in [-0.39, 0.29) is 5.91 Å². The number of carbonyl (C=O) groups excluding carboxylic acids is 1. The van der Waals surface area contributed by atoms with Crippen LogP contribution in [-0.2, 0) is 0 Å². The Hall–Kier alpha value is -2.91. The summed E-state index contributed by atoms with van der Waals surface area (Å²) >= 11 is 0. The van der Waals surface area contributed by atoms with Gasteiger partial charge in [-0.15, -0.1) is 0 Å². The van der Waals surface area contributed by atoms with Crippen molar-refractivity contribution in [1.29, 1.82) is 0 Å². The first-order chi connectivity index (χ1) is 11.6. The minimum Gasteiger partial charge on any atom is -0.384 e. The highest BCUT2D eigenvalue weighted by Crippen LogP contribution is 2.24. The Labute approximate surface area is 141 Å². The van der Waals surface area contributed by atoms with E-state index in [0.717, 1.165) is 16.7 Å². The summed E-state index contributed by atoms with van der Waals surface area (Å²) in [6.07, 6.45) is -0.720. The van der Waals surface area contributed by atoms with Crippen molar-refractivity contribution in [3.05, 3.63) is 101 Å². The molecule has 0 saturated carbocycles. The highest BCUT2D eigenvalue weighted by Gasteiger charge is 2.11. The summed E-state index contributed by atoms with van der Waals surface area (Å²) in [5.74, 6) is -0.165. The molecule has 24 heavy (non-hydrogen) atoms. The zero-order chi connectivity index (χ0) is 16.9. The second kappa shape index (κ2) is 7.11. The minimum atomic E-state index is -0.720. The molecule has 1 amide bonds. The molecule has 0 saturated heterocycles. The number of aliphatic hydroxyl groups is 1. The highest BCUT2D eigenvalue weighted by atomic mass is 16.3. The maximum Gasteiger partial charge on any atom is 0.255 e. The molecule has 0 aliphatic carbocycles. The van der Waals surface area contributed by atoms with Gasteiger partial charge in [0.05, 0.1) is 0 Å². The Balaban J connectivity index is 1.78. The van der Waals surface area contributed by atoms with E-state index in [2.05, 4.69) is 5.32 Å². The van der Waals surface area contributed by atoms with Gasteiger partial charge in [0.2, 0.25) is 0 Å². The molecule has 2 N–H and O–H groups in total. The van der Waals surface area contributed by atoms with Crippen LogP contribution in [0.4, 0.5) is 5.69 Å². The predicted octanol–water partition coefficient (Wildman–Crippen LogP) is 4.33. The molecule has 3 nitrogen and oxygen atoms in total. The van der Waals surface area contributed by atoms with Crippen molar-refractivity contribution in [3.63, 3.8) is 0 Å². The van der Waals surface area contributed by atoms with E-state index in [1.807, 2.05) is 67.6 Å². The van der Waals surface area contributed by atoms with Gasteiger partial charge in [0, 0.05) is 11.3 Å². The molecule has 0 heterocycles. The van der Waals surface area contributed by atoms with Gasteiger partial charge in [0.25, 0.3) is 5.91 Å². The fourth-order valence-corrected chi connectivity index (χ4v) is 2.52. The van der Waals surface area contributed by atoms with Gasteiger partial charge in [-0.3, -0.25) is 4.79 Å². The molecule has 3 heteroatoms. The molecule has 0 radical (unpaired) electrons. The maximum atomic E-state index is 12.3. The Kier molecular flexibility index (Phi) is 4.73. The van der Waals surface area contributed by atoms with Crippen LogP contribution >= 0.6 is 0 Å². The number of hydrogen-bond acceptors (Lipinski definition) is 2. The first-order valence-corrected chi connectivity index (χ1v) is 7.84. The number of aliphatic hydroxyl groups excluding tert-OH is 1. The molecule has 0 spiro atoms. The Morgan fingerprint density at radius 3 is 2.25 bits per heavy atom. The van der Waals surface area contributed by atoms with Crippen LogP contribution in [-0.4, -0.2) is 11.0 Å². The topological polar surface area (TPSA) is 49.3 Å². The summed E-state index contributed by atoms with van der Waals surface area (Å²) in [5, 5.41) is 13.4. The minimum absolute atomic E-state index is 0.165. The van der Waals surface area contributed by atoms with Crippen molar-refractivity contribution in [1.82, 2.24) is 0 Å². The zero-order valence-corrected chi connectivity index (χ0v) is 13.4. The third-order valence-corrected chi connectivity index (χ3v) is 3.89. The van der Waals surface area contributed by atoms with Crippen molar-refractivity contribution >= 4 is 11.6 Å². The van der Waals surface area contributed by atoms with Crippen LogP contribution in [0.15, 0.2) is 78.9 Å². The van der Waals surface area contributed by atoms with E-state index >= 15 is 0 Å². The van der Waals surface area contributed by atoms with Crippen LogP contribution in [0.2, 0.25) is 0 Å². The molecule has 120 valence electrons. The van der Waals surface area contributed by atoms with E-state index in [0.29, 0.717) is 11.3 Å². The summed E-state index contributed by atoms with van der Waals surface area (Å²) in [7, 11) is 0. The number of aryl methyl sites for hydroxylation is 1. The zero-order valence-electron chi connectivity index (χ0n) is 13.4. The number of rotatable bonds is 4. The number of carbonyl (C=O) groups is 1. The van der Waals surface area contributed by atoms with Crippen molar-refractivity contribution in [2.24, 2.45) is 0 Å². The number of hydrogen-bond donors (Lipinski definition) is 2. The molecule has 0 bridgehead atoms. The maximum absolute atomic E-state index is 12.3. The first kappa shape index (κ1) is 16.0. The molecule has 1 atom stereocenters. The largest absolute Gasteiger partial charge is 0.384 e. The molecule has 0 aliphatic heterocycles. The summed E-state index contributed by atoms with van der Waals surface area (Å²) < 4.78 is 0. The van der Waals surface area contributed by atoms with Crippen molar-refractivity contribution in [3.8, 4) is 0 Å². The quantitative estimate of drug-likeness (QED) is 0.752. The van der Waals surface area contributed by atoms with Gasteiger partial charge in [-0.25, -0.2) is 0 Å². The third kappa shape index (κ3) is 3.70. The van der Waals surface area contributed by atoms with Gasteiger partial charge < -0.3 is 10.4 Å². The van der Waals surface area contributed by atoms with Gasteiger partial charge in [0.15, 0.2) is 0 Å². The lowest BCUT2D eigenvalue weighted by Gasteiger charge is -2.13. The lowest BCUT2D eigenvalue weighted by molar-refractivity contribution is 0.102. The van der Waals surface area contributed by atoms with E-state index in [4.69, 9.17) is 0 Å². The first-order valence-electron chi connectivity index (χ1n) is 7.84. The summed E-state index contributed by atoms with van der Waals surface area (Å²) in [5.41, 5.74) is 3.93. The normalized spacial score (nSPS) is 11.8. The Morgan fingerprint density at radius 1 is 0.875 bits per heavy atom. The number of benzene rings is 3. The lowest BCUT2D eigenvalue weighted by atomic mass is 10.0. The summed E-state index contributed by atoms with van der Waals surface area (Å²) in [4.78, 5) is 12.3. The molecular formula is C21H19NO2. The van der Waals surface area contributed by atoms with Gasteiger partial charge in [-0.2, -0.15) is 0 Å².